The Morgan fingerprint density at radius 2 is 2.22 bits per heavy atom. The maximum Gasteiger partial charge on any atom is 0.222 e. The summed E-state index contributed by atoms with van der Waals surface area (Å²) in [4.78, 5) is 21.2. The first kappa shape index (κ1) is 16.5. The third-order valence-electron chi connectivity index (χ3n) is 4.93. The summed E-state index contributed by atoms with van der Waals surface area (Å²) < 4.78 is 7.68. The molecule has 2 fully saturated rings. The van der Waals surface area contributed by atoms with Crippen molar-refractivity contribution >= 4 is 5.91 Å². The minimum Gasteiger partial charge on any atom is -0.378 e. The predicted octanol–water partition coefficient (Wildman–Crippen LogP) is 1.41. The van der Waals surface area contributed by atoms with Crippen LogP contribution in [0.3, 0.4) is 0 Å². The Balaban J connectivity index is 1.44. The van der Waals surface area contributed by atoms with Crippen LogP contribution in [0.4, 0.5) is 0 Å². The Hall–Kier alpha value is -1.40. The summed E-state index contributed by atoms with van der Waals surface area (Å²) in [5, 5.41) is 0. The van der Waals surface area contributed by atoms with Crippen molar-refractivity contribution in [1.82, 2.24) is 19.4 Å². The van der Waals surface area contributed by atoms with Crippen LogP contribution < -0.4 is 0 Å². The normalized spacial score (nSPS) is 23.2. The summed E-state index contributed by atoms with van der Waals surface area (Å²) in [6.45, 7) is 5.39. The van der Waals surface area contributed by atoms with Crippen LogP contribution in [0.1, 0.15) is 37.9 Å². The summed E-state index contributed by atoms with van der Waals surface area (Å²) in [5.74, 6) is 1.38. The molecule has 1 aromatic rings. The molecule has 0 bridgehead atoms. The molecule has 0 saturated carbocycles. The first-order valence-corrected chi connectivity index (χ1v) is 8.80. The molecule has 0 radical (unpaired) electrons. The minimum absolute atomic E-state index is 0.291. The first-order chi connectivity index (χ1) is 11.2. The molecule has 1 amide bonds. The quantitative estimate of drug-likeness (QED) is 0.823. The van der Waals surface area contributed by atoms with E-state index in [0.717, 1.165) is 70.8 Å². The van der Waals surface area contributed by atoms with Crippen LogP contribution in [0.5, 0.6) is 0 Å². The molecule has 2 aliphatic heterocycles. The molecular weight excluding hydrogens is 292 g/mol. The van der Waals surface area contributed by atoms with Gasteiger partial charge in [0.05, 0.1) is 12.6 Å². The standard InChI is InChI=1S/C17H28N4O2/c1-19-10-7-18-16(19)14-20-8-3-9-21(12-11-20)17(22)6-5-15-4-2-13-23-15/h7,10,15H,2-6,8-9,11-14H2,1H3/t15-/m1/s1. The SMILES string of the molecule is Cn1ccnc1CN1CCCN(C(=O)CC[C@H]2CCCO2)CC1. The first-order valence-electron chi connectivity index (χ1n) is 8.80. The van der Waals surface area contributed by atoms with Crippen LogP contribution in [-0.2, 0) is 23.1 Å². The number of carbonyl (C=O) groups is 1. The fraction of sp³-hybridized carbons (Fsp3) is 0.765. The Labute approximate surface area is 138 Å². The number of imidazole rings is 1. The van der Waals surface area contributed by atoms with Crippen molar-refractivity contribution in [2.75, 3.05) is 32.8 Å². The largest absolute Gasteiger partial charge is 0.378 e. The van der Waals surface area contributed by atoms with E-state index in [1.165, 1.54) is 0 Å². The van der Waals surface area contributed by atoms with Crippen LogP contribution in [0.2, 0.25) is 0 Å². The topological polar surface area (TPSA) is 50.6 Å². The van der Waals surface area contributed by atoms with E-state index in [1.807, 2.05) is 24.3 Å². The van der Waals surface area contributed by atoms with Gasteiger partial charge in [-0.2, -0.15) is 0 Å². The summed E-state index contributed by atoms with van der Waals surface area (Å²) in [6, 6.07) is 0. The number of aromatic nitrogens is 2. The molecule has 1 atom stereocenters. The predicted molar refractivity (Wildman–Crippen MR) is 87.9 cm³/mol. The van der Waals surface area contributed by atoms with Crippen molar-refractivity contribution in [1.29, 1.82) is 0 Å². The second-order valence-electron chi connectivity index (χ2n) is 6.64. The van der Waals surface area contributed by atoms with E-state index in [0.29, 0.717) is 18.4 Å². The van der Waals surface area contributed by atoms with Crippen molar-refractivity contribution in [3.05, 3.63) is 18.2 Å². The Bertz CT molecular complexity index is 510. The zero-order chi connectivity index (χ0) is 16.1. The molecule has 0 N–H and O–H groups in total. The van der Waals surface area contributed by atoms with Crippen LogP contribution in [0.15, 0.2) is 12.4 Å². The lowest BCUT2D eigenvalue weighted by Crippen LogP contribution is -2.35. The smallest absolute Gasteiger partial charge is 0.222 e. The Morgan fingerprint density at radius 1 is 1.30 bits per heavy atom. The van der Waals surface area contributed by atoms with Gasteiger partial charge in [-0.3, -0.25) is 9.69 Å². The van der Waals surface area contributed by atoms with E-state index < -0.39 is 0 Å². The van der Waals surface area contributed by atoms with Gasteiger partial charge in [0.15, 0.2) is 0 Å². The summed E-state index contributed by atoms with van der Waals surface area (Å²) in [6.07, 6.45) is 8.94. The lowest BCUT2D eigenvalue weighted by Gasteiger charge is -2.22. The highest BCUT2D eigenvalue weighted by Crippen LogP contribution is 2.18. The minimum atomic E-state index is 0.291. The third-order valence-corrected chi connectivity index (χ3v) is 4.93. The molecule has 6 nitrogen and oxygen atoms in total. The van der Waals surface area contributed by atoms with Gasteiger partial charge in [0, 0.05) is 58.6 Å². The highest BCUT2D eigenvalue weighted by molar-refractivity contribution is 5.76. The zero-order valence-corrected chi connectivity index (χ0v) is 14.1. The van der Waals surface area contributed by atoms with E-state index in [-0.39, 0.29) is 0 Å². The van der Waals surface area contributed by atoms with Crippen molar-refractivity contribution in [3.63, 3.8) is 0 Å². The van der Waals surface area contributed by atoms with Gasteiger partial charge in [0.1, 0.15) is 5.82 Å². The average Bonchev–Trinajstić information content (AvgIpc) is 3.14. The number of carbonyl (C=O) groups excluding carboxylic acids is 1. The molecule has 3 heterocycles. The Kier molecular flexibility index (Phi) is 5.67. The Morgan fingerprint density at radius 3 is 2.96 bits per heavy atom. The van der Waals surface area contributed by atoms with E-state index >= 15 is 0 Å². The lowest BCUT2D eigenvalue weighted by molar-refractivity contribution is -0.131. The maximum atomic E-state index is 12.4. The number of nitrogens with zero attached hydrogens (tertiary/aromatic N) is 4. The molecule has 1 aromatic heterocycles. The number of rotatable bonds is 5. The fourth-order valence-corrected chi connectivity index (χ4v) is 3.44. The molecule has 3 rings (SSSR count). The molecule has 2 aliphatic rings. The average molecular weight is 320 g/mol. The van der Waals surface area contributed by atoms with Gasteiger partial charge in [-0.1, -0.05) is 0 Å². The zero-order valence-electron chi connectivity index (χ0n) is 14.1. The third kappa shape index (κ3) is 4.54. The number of aryl methyl sites for hydroxylation is 1. The van der Waals surface area contributed by atoms with Crippen LogP contribution >= 0.6 is 0 Å². The van der Waals surface area contributed by atoms with Gasteiger partial charge in [0.2, 0.25) is 5.91 Å². The van der Waals surface area contributed by atoms with Crippen molar-refractivity contribution in [2.24, 2.45) is 7.05 Å². The summed E-state index contributed by atoms with van der Waals surface area (Å²) in [7, 11) is 2.03. The van der Waals surface area contributed by atoms with Gasteiger partial charge < -0.3 is 14.2 Å². The molecule has 128 valence electrons. The highest BCUT2D eigenvalue weighted by Gasteiger charge is 2.22. The number of amides is 1. The molecule has 0 aromatic carbocycles. The maximum absolute atomic E-state index is 12.4. The van der Waals surface area contributed by atoms with E-state index in [9.17, 15) is 4.79 Å². The molecular formula is C17H28N4O2. The van der Waals surface area contributed by atoms with Gasteiger partial charge in [-0.05, 0) is 25.7 Å². The summed E-state index contributed by atoms with van der Waals surface area (Å²) in [5.41, 5.74) is 0. The molecule has 0 aliphatic carbocycles. The second kappa shape index (κ2) is 7.93. The monoisotopic (exact) mass is 320 g/mol. The van der Waals surface area contributed by atoms with Gasteiger partial charge in [-0.15, -0.1) is 0 Å². The van der Waals surface area contributed by atoms with Gasteiger partial charge in [0.25, 0.3) is 0 Å². The van der Waals surface area contributed by atoms with Gasteiger partial charge >= 0.3 is 0 Å². The van der Waals surface area contributed by atoms with Crippen molar-refractivity contribution < 1.29 is 9.53 Å². The molecule has 0 unspecified atom stereocenters. The molecule has 0 spiro atoms. The highest BCUT2D eigenvalue weighted by atomic mass is 16.5. The fourth-order valence-electron chi connectivity index (χ4n) is 3.44. The van der Waals surface area contributed by atoms with Crippen molar-refractivity contribution in [2.45, 2.75) is 44.8 Å². The van der Waals surface area contributed by atoms with E-state index in [2.05, 4.69) is 14.5 Å². The van der Waals surface area contributed by atoms with Crippen molar-refractivity contribution in [3.8, 4) is 0 Å². The number of ether oxygens (including phenoxy) is 1. The van der Waals surface area contributed by atoms with Crippen LogP contribution in [-0.4, -0.2) is 64.1 Å². The number of hydrogen-bond acceptors (Lipinski definition) is 4. The van der Waals surface area contributed by atoms with Crippen LogP contribution in [0.25, 0.3) is 0 Å². The van der Waals surface area contributed by atoms with Gasteiger partial charge in [-0.25, -0.2) is 4.98 Å². The molecule has 23 heavy (non-hydrogen) atoms. The van der Waals surface area contributed by atoms with E-state index in [1.54, 1.807) is 0 Å². The molecule has 2 saturated heterocycles. The summed E-state index contributed by atoms with van der Waals surface area (Å²) >= 11 is 0. The second-order valence-corrected chi connectivity index (χ2v) is 6.64. The van der Waals surface area contributed by atoms with Crippen LogP contribution in [0, 0.1) is 0 Å². The molecule has 6 heteroatoms. The lowest BCUT2D eigenvalue weighted by atomic mass is 10.1. The van der Waals surface area contributed by atoms with E-state index in [4.69, 9.17) is 4.74 Å². The number of hydrogen-bond donors (Lipinski definition) is 0.